The number of nitrogens with zero attached hydrogens (tertiary/aromatic N) is 2. The Bertz CT molecular complexity index is 3430. The van der Waals surface area contributed by atoms with E-state index in [4.69, 9.17) is 0 Å². The van der Waals surface area contributed by atoms with E-state index in [0.29, 0.717) is 0 Å². The molecule has 0 saturated heterocycles. The topological polar surface area (TPSA) is 6.48 Å². The molecule has 13 rings (SSSR count). The Labute approximate surface area is 382 Å². The minimum absolute atomic E-state index is 0.121. The molecule has 0 bridgehead atoms. The van der Waals surface area contributed by atoms with Gasteiger partial charge in [-0.2, -0.15) is 0 Å². The van der Waals surface area contributed by atoms with E-state index in [-0.39, 0.29) is 5.41 Å². The third-order valence-electron chi connectivity index (χ3n) is 15.1. The maximum atomic E-state index is 2.57. The third kappa shape index (κ3) is 5.93. The Kier molecular flexibility index (Phi) is 8.68. The molecule has 2 heterocycles. The SMILES string of the molecule is CC1(C)c2ccccc2-c2ccc(-c3c4ccc(N5C6=C(CCC=C6)CCc6ccccc65)cc4c(-c4ccccc4)c4cc(N5c6ccccc6CCc6ccccc65)ccc34)cc21. The number of benzene rings is 9. The van der Waals surface area contributed by atoms with Crippen LogP contribution in [0.4, 0.5) is 28.4 Å². The predicted octanol–water partition coefficient (Wildman–Crippen LogP) is 16.9. The van der Waals surface area contributed by atoms with Crippen molar-refractivity contribution in [2.75, 3.05) is 9.80 Å². The molecule has 0 unspecified atom stereocenters. The molecule has 0 spiro atoms. The fourth-order valence-corrected chi connectivity index (χ4v) is 11.9. The maximum Gasteiger partial charge on any atom is 0.0493 e. The molecule has 0 fully saturated rings. The molecular formula is C63H50N2. The van der Waals surface area contributed by atoms with Gasteiger partial charge in [0.15, 0.2) is 0 Å². The standard InChI is InChI=1S/C63H50N2/c1-63(2)55-23-11-10-22-49(55)50-35-32-46(38-56(50)63)62-51-36-33-47(64-57-24-12-6-16-41(57)28-29-42-17-7-13-25-58(42)64)39-53(51)61(45-20-4-3-5-21-45)54-40-48(34-37-52(54)62)65-59-26-14-8-18-43(59)30-31-44-19-9-15-27-60(44)65/h3-8,10-18,20-27,32-40H,9,19,28-31H2,1-2H3. The van der Waals surface area contributed by atoms with Crippen LogP contribution in [-0.2, 0) is 24.7 Å². The lowest BCUT2D eigenvalue weighted by Crippen LogP contribution is -2.18. The first-order valence-electron chi connectivity index (χ1n) is 23.6. The molecule has 0 amide bonds. The Morgan fingerprint density at radius 3 is 1.62 bits per heavy atom. The first-order valence-corrected chi connectivity index (χ1v) is 23.6. The van der Waals surface area contributed by atoms with E-state index >= 15 is 0 Å². The van der Waals surface area contributed by atoms with Crippen molar-refractivity contribution in [1.82, 2.24) is 0 Å². The molecule has 9 aromatic rings. The summed E-state index contributed by atoms with van der Waals surface area (Å²) in [6, 6.07) is 69.2. The molecule has 0 aromatic heterocycles. The van der Waals surface area contributed by atoms with Gasteiger partial charge in [-0.25, -0.2) is 0 Å². The summed E-state index contributed by atoms with van der Waals surface area (Å²) < 4.78 is 0. The lowest BCUT2D eigenvalue weighted by molar-refractivity contribution is 0.660. The van der Waals surface area contributed by atoms with Crippen LogP contribution in [0.1, 0.15) is 60.9 Å². The van der Waals surface area contributed by atoms with Gasteiger partial charge in [0, 0.05) is 39.5 Å². The molecular weight excluding hydrogens is 785 g/mol. The first kappa shape index (κ1) is 38.1. The minimum atomic E-state index is -0.121. The number of hydrogen-bond donors (Lipinski definition) is 0. The van der Waals surface area contributed by atoms with Gasteiger partial charge < -0.3 is 9.80 Å². The highest BCUT2D eigenvalue weighted by Crippen LogP contribution is 2.53. The maximum absolute atomic E-state index is 2.57. The highest BCUT2D eigenvalue weighted by atomic mass is 15.2. The van der Waals surface area contributed by atoms with Gasteiger partial charge in [0.2, 0.25) is 0 Å². The summed E-state index contributed by atoms with van der Waals surface area (Å²) in [5.41, 5.74) is 23.6. The van der Waals surface area contributed by atoms with Gasteiger partial charge in [0.05, 0.1) is 0 Å². The average molecular weight is 835 g/mol. The molecule has 312 valence electrons. The highest BCUT2D eigenvalue weighted by molar-refractivity contribution is 6.23. The second-order valence-corrected chi connectivity index (χ2v) is 19.0. The van der Waals surface area contributed by atoms with Gasteiger partial charge in [-0.1, -0.05) is 153 Å². The van der Waals surface area contributed by atoms with Crippen molar-refractivity contribution in [1.29, 1.82) is 0 Å². The zero-order valence-corrected chi connectivity index (χ0v) is 37.1. The zero-order valence-electron chi connectivity index (χ0n) is 37.1. The van der Waals surface area contributed by atoms with E-state index in [0.717, 1.165) is 38.5 Å². The molecule has 0 saturated carbocycles. The van der Waals surface area contributed by atoms with Gasteiger partial charge in [0.1, 0.15) is 0 Å². The molecule has 0 atom stereocenters. The van der Waals surface area contributed by atoms with Crippen molar-refractivity contribution in [2.45, 2.75) is 57.8 Å². The molecule has 9 aromatic carbocycles. The van der Waals surface area contributed by atoms with E-state index in [9.17, 15) is 0 Å². The van der Waals surface area contributed by atoms with Gasteiger partial charge in [-0.15, -0.1) is 0 Å². The first-order chi connectivity index (χ1) is 32.0. The Hall–Kier alpha value is -7.42. The van der Waals surface area contributed by atoms with Crippen LogP contribution in [0.5, 0.6) is 0 Å². The number of aryl methyl sites for hydroxylation is 3. The summed E-state index contributed by atoms with van der Waals surface area (Å²) in [6.07, 6.45) is 11.1. The van der Waals surface area contributed by atoms with Crippen molar-refractivity contribution < 1.29 is 0 Å². The minimum Gasteiger partial charge on any atom is -0.310 e. The molecule has 2 heteroatoms. The van der Waals surface area contributed by atoms with E-state index in [2.05, 4.69) is 218 Å². The van der Waals surface area contributed by atoms with Crippen LogP contribution in [-0.4, -0.2) is 0 Å². The summed E-state index contributed by atoms with van der Waals surface area (Å²) in [6.45, 7) is 4.79. The number of rotatable bonds is 4. The van der Waals surface area contributed by atoms with Crippen LogP contribution in [0.15, 0.2) is 205 Å². The van der Waals surface area contributed by atoms with Gasteiger partial charge in [-0.3, -0.25) is 0 Å². The summed E-state index contributed by atoms with van der Waals surface area (Å²) in [5, 5.41) is 5.04. The second-order valence-electron chi connectivity index (χ2n) is 19.0. The molecule has 2 aliphatic heterocycles. The Morgan fingerprint density at radius 1 is 0.400 bits per heavy atom. The largest absolute Gasteiger partial charge is 0.310 e. The molecule has 0 N–H and O–H groups in total. The number of fused-ring (bicyclic) bond motifs is 8. The van der Waals surface area contributed by atoms with Crippen LogP contribution in [0.3, 0.4) is 0 Å². The van der Waals surface area contributed by atoms with Gasteiger partial charge >= 0.3 is 0 Å². The van der Waals surface area contributed by atoms with Crippen molar-refractivity contribution in [3.8, 4) is 33.4 Å². The fraction of sp³-hybridized carbons (Fsp3) is 0.143. The van der Waals surface area contributed by atoms with E-state index < -0.39 is 0 Å². The normalized spacial score (nSPS) is 15.7. The highest BCUT2D eigenvalue weighted by Gasteiger charge is 2.36. The summed E-state index contributed by atoms with van der Waals surface area (Å²) in [7, 11) is 0. The molecule has 2 nitrogen and oxygen atoms in total. The molecule has 0 radical (unpaired) electrons. The lowest BCUT2D eigenvalue weighted by Gasteiger charge is -2.31. The van der Waals surface area contributed by atoms with E-state index in [1.165, 1.54) is 117 Å². The van der Waals surface area contributed by atoms with Crippen LogP contribution in [0, 0.1) is 0 Å². The van der Waals surface area contributed by atoms with Crippen molar-refractivity contribution in [3.05, 3.63) is 233 Å². The van der Waals surface area contributed by atoms with Gasteiger partial charge in [-0.05, 0) is 181 Å². The van der Waals surface area contributed by atoms with Crippen molar-refractivity contribution in [3.63, 3.8) is 0 Å². The van der Waals surface area contributed by atoms with E-state index in [1.807, 2.05) is 0 Å². The second kappa shape index (κ2) is 14.8. The molecule has 2 aliphatic carbocycles. The van der Waals surface area contributed by atoms with Crippen molar-refractivity contribution >= 4 is 50.0 Å². The fourth-order valence-electron chi connectivity index (χ4n) is 11.9. The number of anilines is 5. The predicted molar refractivity (Wildman–Crippen MR) is 274 cm³/mol. The van der Waals surface area contributed by atoms with Crippen LogP contribution in [0.2, 0.25) is 0 Å². The Morgan fingerprint density at radius 2 is 0.938 bits per heavy atom. The molecule has 65 heavy (non-hydrogen) atoms. The number of para-hydroxylation sites is 3. The third-order valence-corrected chi connectivity index (χ3v) is 15.1. The zero-order chi connectivity index (χ0) is 43.2. The molecule has 4 aliphatic rings. The lowest BCUT2D eigenvalue weighted by atomic mass is 9.80. The number of allylic oxidation sites excluding steroid dienone is 3. The van der Waals surface area contributed by atoms with Gasteiger partial charge in [0.25, 0.3) is 0 Å². The van der Waals surface area contributed by atoms with E-state index in [1.54, 1.807) is 5.57 Å². The van der Waals surface area contributed by atoms with Crippen LogP contribution in [0.25, 0.3) is 54.9 Å². The summed E-state index contributed by atoms with van der Waals surface area (Å²) >= 11 is 0. The summed E-state index contributed by atoms with van der Waals surface area (Å²) in [4.78, 5) is 5.10. The monoisotopic (exact) mass is 834 g/mol. The average Bonchev–Trinajstić information content (AvgIpc) is 3.47. The number of hydrogen-bond acceptors (Lipinski definition) is 2. The summed E-state index contributed by atoms with van der Waals surface area (Å²) in [5.74, 6) is 0. The smallest absolute Gasteiger partial charge is 0.0493 e. The van der Waals surface area contributed by atoms with Crippen LogP contribution < -0.4 is 9.80 Å². The quantitative estimate of drug-likeness (QED) is 0.163. The van der Waals surface area contributed by atoms with Crippen LogP contribution >= 0.6 is 0 Å². The Balaban J connectivity index is 1.14. The van der Waals surface area contributed by atoms with Crippen molar-refractivity contribution in [2.24, 2.45) is 0 Å².